The molecule has 68 valence electrons. The molecular formula is C9H16N2O. The molecule has 12 heavy (non-hydrogen) atoms. The Hall–Kier alpha value is -0.640. The molecule has 1 aliphatic rings. The van der Waals surface area contributed by atoms with E-state index in [1.54, 1.807) is 13.2 Å². The van der Waals surface area contributed by atoms with Crippen LogP contribution in [-0.4, -0.2) is 18.4 Å². The van der Waals surface area contributed by atoms with Crippen LogP contribution in [0.4, 0.5) is 0 Å². The molecular weight excluding hydrogens is 152 g/mol. The monoisotopic (exact) mass is 168 g/mol. The van der Waals surface area contributed by atoms with Gasteiger partial charge in [-0.05, 0) is 25.5 Å². The maximum absolute atomic E-state index is 5.89. The van der Waals surface area contributed by atoms with Crippen molar-refractivity contribution < 1.29 is 4.74 Å². The quantitative estimate of drug-likeness (QED) is 0.443. The maximum Gasteiger partial charge on any atom is 0.157 e. The summed E-state index contributed by atoms with van der Waals surface area (Å²) in [5.74, 6) is 0. The number of rotatable bonds is 1. The van der Waals surface area contributed by atoms with Crippen LogP contribution in [0, 0.1) is 0 Å². The van der Waals surface area contributed by atoms with E-state index in [2.05, 4.69) is 0 Å². The molecule has 0 aromatic heterocycles. The Morgan fingerprint density at radius 2 is 1.92 bits per heavy atom. The summed E-state index contributed by atoms with van der Waals surface area (Å²) in [6.45, 7) is 3.83. The average Bonchev–Trinajstić information content (AvgIpc) is 1.97. The van der Waals surface area contributed by atoms with E-state index in [0.717, 1.165) is 5.57 Å². The summed E-state index contributed by atoms with van der Waals surface area (Å²) in [5, 5.41) is 0. The molecule has 0 heterocycles. The first-order valence-corrected chi connectivity index (χ1v) is 3.93. The SMILES string of the molecule is COC1(N)C=CC(C)(N)C=C1C. The number of hydrogen-bond acceptors (Lipinski definition) is 3. The fourth-order valence-corrected chi connectivity index (χ4v) is 1.29. The van der Waals surface area contributed by atoms with Gasteiger partial charge >= 0.3 is 0 Å². The van der Waals surface area contributed by atoms with E-state index in [-0.39, 0.29) is 0 Å². The molecule has 1 rings (SSSR count). The predicted molar refractivity (Wildman–Crippen MR) is 49.4 cm³/mol. The van der Waals surface area contributed by atoms with Gasteiger partial charge in [-0.1, -0.05) is 12.2 Å². The van der Waals surface area contributed by atoms with E-state index in [4.69, 9.17) is 16.2 Å². The molecule has 3 heteroatoms. The van der Waals surface area contributed by atoms with Gasteiger partial charge in [0.25, 0.3) is 0 Å². The highest BCUT2D eigenvalue weighted by atomic mass is 16.5. The van der Waals surface area contributed by atoms with Gasteiger partial charge in [-0.15, -0.1) is 0 Å². The van der Waals surface area contributed by atoms with Crippen molar-refractivity contribution in [1.82, 2.24) is 0 Å². The Labute approximate surface area is 73.1 Å². The van der Waals surface area contributed by atoms with Crippen molar-refractivity contribution in [3.63, 3.8) is 0 Å². The first-order valence-electron chi connectivity index (χ1n) is 3.93. The second kappa shape index (κ2) is 2.69. The van der Waals surface area contributed by atoms with Crippen molar-refractivity contribution in [2.75, 3.05) is 7.11 Å². The molecule has 0 aliphatic heterocycles. The van der Waals surface area contributed by atoms with Gasteiger partial charge in [-0.2, -0.15) is 0 Å². The Morgan fingerprint density at radius 3 is 2.33 bits per heavy atom. The standard InChI is InChI=1S/C9H16N2O/c1-7-6-8(2,10)4-5-9(7,11)12-3/h4-6H,10-11H2,1-3H3. The molecule has 0 saturated carbocycles. The summed E-state index contributed by atoms with van der Waals surface area (Å²) >= 11 is 0. The van der Waals surface area contributed by atoms with Crippen LogP contribution in [0.3, 0.4) is 0 Å². The third kappa shape index (κ3) is 1.58. The van der Waals surface area contributed by atoms with Gasteiger partial charge in [-0.25, -0.2) is 0 Å². The van der Waals surface area contributed by atoms with E-state index in [0.29, 0.717) is 0 Å². The predicted octanol–water partition coefficient (Wildman–Crippen LogP) is 0.521. The highest BCUT2D eigenvalue weighted by Gasteiger charge is 2.30. The van der Waals surface area contributed by atoms with Gasteiger partial charge in [0.2, 0.25) is 0 Å². The van der Waals surface area contributed by atoms with Crippen LogP contribution in [0.25, 0.3) is 0 Å². The smallest absolute Gasteiger partial charge is 0.157 e. The molecule has 4 N–H and O–H groups in total. The molecule has 0 amide bonds. The third-order valence-electron chi connectivity index (χ3n) is 2.17. The Bertz CT molecular complexity index is 243. The maximum atomic E-state index is 5.89. The fourth-order valence-electron chi connectivity index (χ4n) is 1.29. The minimum absolute atomic E-state index is 0.397. The van der Waals surface area contributed by atoms with Crippen molar-refractivity contribution in [3.05, 3.63) is 23.8 Å². The summed E-state index contributed by atoms with van der Waals surface area (Å²) in [6.07, 6.45) is 5.56. The molecule has 3 nitrogen and oxygen atoms in total. The summed E-state index contributed by atoms with van der Waals surface area (Å²) in [7, 11) is 1.58. The lowest BCUT2D eigenvalue weighted by Crippen LogP contribution is -2.47. The fraction of sp³-hybridized carbons (Fsp3) is 0.556. The first-order chi connectivity index (χ1) is 5.40. The highest BCUT2D eigenvalue weighted by Crippen LogP contribution is 2.25. The third-order valence-corrected chi connectivity index (χ3v) is 2.17. The summed E-state index contributed by atoms with van der Waals surface area (Å²) in [4.78, 5) is 0. The van der Waals surface area contributed by atoms with Crippen LogP contribution in [0.2, 0.25) is 0 Å². The average molecular weight is 168 g/mol. The summed E-state index contributed by atoms with van der Waals surface area (Å²) in [5.41, 5.74) is 11.5. The van der Waals surface area contributed by atoms with Crippen molar-refractivity contribution in [3.8, 4) is 0 Å². The summed E-state index contributed by atoms with van der Waals surface area (Å²) in [6, 6.07) is 0. The number of hydrogen-bond donors (Lipinski definition) is 2. The molecule has 1 aliphatic carbocycles. The lowest BCUT2D eigenvalue weighted by molar-refractivity contribution is 0.0669. The molecule has 0 bridgehead atoms. The topological polar surface area (TPSA) is 61.3 Å². The van der Waals surface area contributed by atoms with Crippen molar-refractivity contribution >= 4 is 0 Å². The number of nitrogens with two attached hydrogens (primary N) is 2. The molecule has 0 fully saturated rings. The normalized spacial score (nSPS) is 41.2. The van der Waals surface area contributed by atoms with Gasteiger partial charge in [0.05, 0.1) is 5.54 Å². The minimum Gasteiger partial charge on any atom is -0.356 e. The molecule has 0 aromatic carbocycles. The van der Waals surface area contributed by atoms with Gasteiger partial charge < -0.3 is 10.5 Å². The molecule has 0 spiro atoms. The Balaban J connectivity index is 2.98. The molecule has 0 radical (unpaired) electrons. The highest BCUT2D eigenvalue weighted by molar-refractivity contribution is 5.34. The van der Waals surface area contributed by atoms with E-state index in [9.17, 15) is 0 Å². The largest absolute Gasteiger partial charge is 0.356 e. The number of ether oxygens (including phenoxy) is 1. The van der Waals surface area contributed by atoms with Gasteiger partial charge in [0.15, 0.2) is 5.72 Å². The van der Waals surface area contributed by atoms with Crippen LogP contribution in [0.1, 0.15) is 13.8 Å². The Morgan fingerprint density at radius 1 is 1.33 bits per heavy atom. The lowest BCUT2D eigenvalue weighted by atomic mass is 9.88. The van der Waals surface area contributed by atoms with E-state index in [1.807, 2.05) is 26.0 Å². The van der Waals surface area contributed by atoms with Crippen molar-refractivity contribution in [2.45, 2.75) is 25.1 Å². The summed E-state index contributed by atoms with van der Waals surface area (Å²) < 4.78 is 5.15. The van der Waals surface area contributed by atoms with Gasteiger partial charge in [0.1, 0.15) is 0 Å². The minimum atomic E-state index is -0.765. The lowest BCUT2D eigenvalue weighted by Gasteiger charge is -2.33. The van der Waals surface area contributed by atoms with E-state index in [1.165, 1.54) is 0 Å². The van der Waals surface area contributed by atoms with Crippen LogP contribution < -0.4 is 11.5 Å². The van der Waals surface area contributed by atoms with Crippen LogP contribution in [0.5, 0.6) is 0 Å². The molecule has 0 aromatic rings. The molecule has 0 saturated heterocycles. The zero-order valence-corrected chi connectivity index (χ0v) is 7.79. The molecule has 2 atom stereocenters. The second-order valence-corrected chi connectivity index (χ2v) is 3.52. The van der Waals surface area contributed by atoms with E-state index < -0.39 is 11.3 Å². The zero-order valence-electron chi connectivity index (χ0n) is 7.79. The zero-order chi connectivity index (χ0) is 9.41. The van der Waals surface area contributed by atoms with Gasteiger partial charge in [-0.3, -0.25) is 5.73 Å². The van der Waals surface area contributed by atoms with Crippen molar-refractivity contribution in [1.29, 1.82) is 0 Å². The van der Waals surface area contributed by atoms with Gasteiger partial charge in [0, 0.05) is 7.11 Å². The molecule has 2 unspecified atom stereocenters. The Kier molecular flexibility index (Phi) is 2.12. The van der Waals surface area contributed by atoms with E-state index >= 15 is 0 Å². The van der Waals surface area contributed by atoms with Crippen molar-refractivity contribution in [2.24, 2.45) is 11.5 Å². The van der Waals surface area contributed by atoms with Crippen LogP contribution in [0.15, 0.2) is 23.8 Å². The van der Waals surface area contributed by atoms with Crippen LogP contribution in [-0.2, 0) is 4.74 Å². The second-order valence-electron chi connectivity index (χ2n) is 3.52. The first kappa shape index (κ1) is 9.45. The number of methoxy groups -OCH3 is 1. The van der Waals surface area contributed by atoms with Crippen LogP contribution >= 0.6 is 0 Å².